The summed E-state index contributed by atoms with van der Waals surface area (Å²) in [4.78, 5) is 12.6. The predicted octanol–water partition coefficient (Wildman–Crippen LogP) is 3.85. The van der Waals surface area contributed by atoms with E-state index in [1.165, 1.54) is 25.2 Å². The fourth-order valence-electron chi connectivity index (χ4n) is 2.96. The van der Waals surface area contributed by atoms with Crippen LogP contribution < -0.4 is 16.4 Å². The van der Waals surface area contributed by atoms with Crippen LogP contribution in [0.25, 0.3) is 0 Å². The maximum atomic E-state index is 14.7. The molecule has 0 unspecified atom stereocenters. The lowest BCUT2D eigenvalue weighted by Crippen LogP contribution is -2.18. The Hall–Kier alpha value is -4.22. The van der Waals surface area contributed by atoms with Crippen LogP contribution in [0.1, 0.15) is 33.6 Å². The smallest absolute Gasteiger partial charge is 0.333 e. The maximum absolute atomic E-state index is 14.7. The number of aromatic nitrogens is 2. The van der Waals surface area contributed by atoms with Gasteiger partial charge in [-0.05, 0) is 24.3 Å². The number of nitrogens with zero attached hydrogens (tertiary/aromatic N) is 2. The second-order valence-corrected chi connectivity index (χ2v) is 6.52. The molecule has 2 aromatic carbocycles. The summed E-state index contributed by atoms with van der Waals surface area (Å²) in [7, 11) is 1.41. The fourth-order valence-corrected chi connectivity index (χ4v) is 2.96. The summed E-state index contributed by atoms with van der Waals surface area (Å²) >= 11 is 0. The van der Waals surface area contributed by atoms with E-state index in [0.717, 1.165) is 18.5 Å². The monoisotopic (exact) mass is 447 g/mol. The lowest BCUT2D eigenvalue weighted by Gasteiger charge is -2.13. The third-order valence-electron chi connectivity index (χ3n) is 4.57. The highest BCUT2D eigenvalue weighted by atomic mass is 19.3. The number of amides is 1. The first-order valence-corrected chi connectivity index (χ1v) is 9.00. The number of carbonyl (C=O) groups excluding carboxylic acids is 1. The molecule has 0 saturated carbocycles. The van der Waals surface area contributed by atoms with E-state index in [9.17, 15) is 22.4 Å². The molecule has 12 heteroatoms. The molecule has 8 nitrogen and oxygen atoms in total. The Kier molecular flexibility index (Phi) is 6.23. The molecule has 1 aromatic heterocycles. The van der Waals surface area contributed by atoms with Crippen LogP contribution in [0, 0.1) is 22.5 Å². The Morgan fingerprint density at radius 1 is 1.28 bits per heavy atom. The molecule has 0 spiro atoms. The molecule has 1 heterocycles. The Bertz CT molecular complexity index is 1220. The van der Waals surface area contributed by atoms with E-state index in [0.29, 0.717) is 10.9 Å². The first-order valence-electron chi connectivity index (χ1n) is 9.00. The van der Waals surface area contributed by atoms with Crippen LogP contribution >= 0.6 is 0 Å². The standard InChI is InChI=1S/C20H17F4N7O/c1-28-15-5-13(21)16(17(22)12(15)6-25)19(32)30-10-2-3-14(26)11(4-10)18(27)9-7-29-31(8-9)20(23)24/h2-8,20,25,27-28H,26H2,1H3,(H,30,32). The number of nitrogens with two attached hydrogens (primary N) is 1. The summed E-state index contributed by atoms with van der Waals surface area (Å²) in [6.07, 6.45) is 2.68. The van der Waals surface area contributed by atoms with Crippen molar-refractivity contribution >= 4 is 34.9 Å². The van der Waals surface area contributed by atoms with Crippen LogP contribution in [0.5, 0.6) is 0 Å². The molecule has 3 aromatic rings. The molecular weight excluding hydrogens is 430 g/mol. The van der Waals surface area contributed by atoms with Crippen LogP contribution in [0.15, 0.2) is 36.7 Å². The number of benzene rings is 2. The van der Waals surface area contributed by atoms with Crippen LogP contribution in [0.2, 0.25) is 0 Å². The summed E-state index contributed by atoms with van der Waals surface area (Å²) in [5, 5.41) is 23.9. The van der Waals surface area contributed by atoms with E-state index < -0.39 is 29.7 Å². The number of rotatable bonds is 7. The van der Waals surface area contributed by atoms with Gasteiger partial charge in [0.25, 0.3) is 5.91 Å². The predicted molar refractivity (Wildman–Crippen MR) is 112 cm³/mol. The van der Waals surface area contributed by atoms with Gasteiger partial charge in [-0.1, -0.05) is 0 Å². The average molecular weight is 447 g/mol. The molecule has 0 aliphatic rings. The molecule has 32 heavy (non-hydrogen) atoms. The van der Waals surface area contributed by atoms with Gasteiger partial charge in [-0.3, -0.25) is 10.2 Å². The molecule has 0 aliphatic carbocycles. The van der Waals surface area contributed by atoms with Gasteiger partial charge in [0.1, 0.15) is 17.2 Å². The van der Waals surface area contributed by atoms with Crippen molar-refractivity contribution in [1.82, 2.24) is 9.78 Å². The summed E-state index contributed by atoms with van der Waals surface area (Å²) in [5.74, 6) is -3.49. The molecule has 0 fully saturated rings. The highest BCUT2D eigenvalue weighted by molar-refractivity contribution is 6.14. The summed E-state index contributed by atoms with van der Waals surface area (Å²) in [6, 6.07) is 4.85. The Morgan fingerprint density at radius 3 is 2.59 bits per heavy atom. The van der Waals surface area contributed by atoms with E-state index in [-0.39, 0.29) is 39.5 Å². The zero-order chi connectivity index (χ0) is 23.6. The number of nitrogens with one attached hydrogen (secondary N) is 4. The normalized spacial score (nSPS) is 10.8. The van der Waals surface area contributed by atoms with Gasteiger partial charge in [0.05, 0.1) is 17.5 Å². The summed E-state index contributed by atoms with van der Waals surface area (Å²) in [6.45, 7) is -2.88. The SMILES string of the molecule is CNc1cc(F)c(C(=O)Nc2ccc(N)c(C(=N)c3cnn(C(F)F)c3)c2)c(F)c1C=N. The Labute approximate surface area is 179 Å². The minimum Gasteiger partial charge on any atom is -0.398 e. The number of hydrogen-bond donors (Lipinski definition) is 5. The molecular formula is C20H17F4N7O. The molecule has 1 amide bonds. The second kappa shape index (κ2) is 8.88. The topological polar surface area (TPSA) is 133 Å². The number of hydrogen-bond acceptors (Lipinski definition) is 6. The number of alkyl halides is 2. The molecule has 3 rings (SSSR count). The number of halogens is 4. The van der Waals surface area contributed by atoms with Crippen LogP contribution in [-0.4, -0.2) is 34.7 Å². The van der Waals surface area contributed by atoms with Gasteiger partial charge in [0.15, 0.2) is 0 Å². The third kappa shape index (κ3) is 4.15. The zero-order valence-electron chi connectivity index (χ0n) is 16.5. The van der Waals surface area contributed by atoms with Crippen molar-refractivity contribution < 1.29 is 22.4 Å². The van der Waals surface area contributed by atoms with Crippen LogP contribution in [-0.2, 0) is 0 Å². The highest BCUT2D eigenvalue weighted by Crippen LogP contribution is 2.26. The first-order chi connectivity index (χ1) is 15.2. The van der Waals surface area contributed by atoms with Crippen molar-refractivity contribution in [3.05, 3.63) is 70.5 Å². The van der Waals surface area contributed by atoms with Crippen molar-refractivity contribution in [3.63, 3.8) is 0 Å². The number of anilines is 3. The average Bonchev–Trinajstić information content (AvgIpc) is 3.25. The molecule has 166 valence electrons. The van der Waals surface area contributed by atoms with Gasteiger partial charge >= 0.3 is 6.55 Å². The molecule has 0 bridgehead atoms. The molecule has 0 radical (unpaired) electrons. The zero-order valence-corrected chi connectivity index (χ0v) is 16.5. The van der Waals surface area contributed by atoms with Crippen LogP contribution in [0.3, 0.4) is 0 Å². The Morgan fingerprint density at radius 2 is 2.00 bits per heavy atom. The van der Waals surface area contributed by atoms with Crippen molar-refractivity contribution in [3.8, 4) is 0 Å². The minimum atomic E-state index is -2.88. The maximum Gasteiger partial charge on any atom is 0.333 e. The number of nitrogen functional groups attached to an aromatic ring is 1. The van der Waals surface area contributed by atoms with Crippen molar-refractivity contribution in [2.45, 2.75) is 6.55 Å². The van der Waals surface area contributed by atoms with Gasteiger partial charge in [0, 0.05) is 47.6 Å². The van der Waals surface area contributed by atoms with E-state index in [2.05, 4.69) is 15.7 Å². The van der Waals surface area contributed by atoms with E-state index >= 15 is 0 Å². The molecule has 0 saturated heterocycles. The summed E-state index contributed by atoms with van der Waals surface area (Å²) in [5.41, 5.74) is 4.74. The van der Waals surface area contributed by atoms with Gasteiger partial charge in [-0.25, -0.2) is 13.5 Å². The van der Waals surface area contributed by atoms with Gasteiger partial charge in [-0.2, -0.15) is 13.9 Å². The van der Waals surface area contributed by atoms with E-state index in [1.807, 2.05) is 0 Å². The molecule has 0 aliphatic heterocycles. The minimum absolute atomic E-state index is 0.000821. The second-order valence-electron chi connectivity index (χ2n) is 6.52. The first kappa shape index (κ1) is 22.5. The van der Waals surface area contributed by atoms with Gasteiger partial charge in [-0.15, -0.1) is 0 Å². The largest absolute Gasteiger partial charge is 0.398 e. The van der Waals surface area contributed by atoms with Crippen molar-refractivity contribution in [2.24, 2.45) is 0 Å². The fraction of sp³-hybridized carbons (Fsp3) is 0.100. The lowest BCUT2D eigenvalue weighted by molar-refractivity contribution is 0.0566. The van der Waals surface area contributed by atoms with Crippen molar-refractivity contribution in [2.75, 3.05) is 23.4 Å². The van der Waals surface area contributed by atoms with E-state index in [1.54, 1.807) is 0 Å². The van der Waals surface area contributed by atoms with Crippen molar-refractivity contribution in [1.29, 1.82) is 10.8 Å². The highest BCUT2D eigenvalue weighted by Gasteiger charge is 2.23. The number of carbonyl (C=O) groups is 1. The Balaban J connectivity index is 1.93. The van der Waals surface area contributed by atoms with Gasteiger partial charge in [0.2, 0.25) is 0 Å². The lowest BCUT2D eigenvalue weighted by atomic mass is 10.0. The molecule has 0 atom stereocenters. The van der Waals surface area contributed by atoms with Gasteiger partial charge < -0.3 is 21.8 Å². The quantitative estimate of drug-likeness (QED) is 0.214. The van der Waals surface area contributed by atoms with Crippen LogP contribution in [0.4, 0.5) is 34.6 Å². The third-order valence-corrected chi connectivity index (χ3v) is 4.57. The summed E-state index contributed by atoms with van der Waals surface area (Å²) < 4.78 is 54.9. The van der Waals surface area contributed by atoms with E-state index in [4.69, 9.17) is 16.6 Å². The molecule has 6 N–H and O–H groups in total.